The Morgan fingerprint density at radius 2 is 2.03 bits per heavy atom. The van der Waals surface area contributed by atoms with Gasteiger partial charge in [0, 0.05) is 0 Å². The van der Waals surface area contributed by atoms with Gasteiger partial charge in [-0.2, -0.15) is 0 Å². The zero-order chi connectivity index (χ0) is 21.4. The fraction of sp³-hybridized carbons (Fsp3) is 0.182. The molecule has 9 heteroatoms. The molecular formula is C22H18FN7O. The van der Waals surface area contributed by atoms with Crippen LogP contribution in [0.15, 0.2) is 73.3 Å². The molecule has 0 spiro atoms. The average Bonchev–Trinajstić information content (AvgIpc) is 3.27. The van der Waals surface area contributed by atoms with Gasteiger partial charge in [0.25, 0.3) is 5.56 Å². The number of benzene rings is 2. The fourth-order valence-corrected chi connectivity index (χ4v) is 3.70. The maximum absolute atomic E-state index is 14.5. The predicted molar refractivity (Wildman–Crippen MR) is 119 cm³/mol. The number of hydrogen-bond acceptors (Lipinski definition) is 6. The summed E-state index contributed by atoms with van der Waals surface area (Å²) >= 11 is 0. The first-order chi connectivity index (χ1) is 15.2. The monoisotopic (exact) mass is 415 g/mol. The number of nitrogens with zero attached hydrogens (tertiary/aromatic N) is 6. The minimum atomic E-state index is -0.602. The van der Waals surface area contributed by atoms with Crippen LogP contribution in [0.2, 0.25) is 0 Å². The Kier molecular flexibility index (Phi) is 4.70. The van der Waals surface area contributed by atoms with Crippen LogP contribution in [0.3, 0.4) is 0 Å². The van der Waals surface area contributed by atoms with Crippen LogP contribution in [0.5, 0.6) is 0 Å². The van der Waals surface area contributed by atoms with Gasteiger partial charge < -0.3 is 5.32 Å². The Morgan fingerprint density at radius 3 is 2.84 bits per heavy atom. The number of nitrogens with one attached hydrogen (secondary N) is 1. The maximum atomic E-state index is 14.5. The van der Waals surface area contributed by atoms with E-state index in [-0.39, 0.29) is 5.39 Å². The first kappa shape index (κ1) is 19.0. The smallest absolute Gasteiger partial charge is 0.269 e. The molecule has 1 unspecified atom stereocenters. The van der Waals surface area contributed by atoms with Crippen LogP contribution in [0.1, 0.15) is 25.2 Å². The maximum Gasteiger partial charge on any atom is 0.269 e. The molecule has 2 aliphatic heterocycles. The number of halogens is 1. The van der Waals surface area contributed by atoms with Crippen LogP contribution in [-0.2, 0) is 0 Å². The van der Waals surface area contributed by atoms with E-state index < -0.39 is 23.5 Å². The number of fused-ring (bicyclic) bond motifs is 2. The molecule has 3 heterocycles. The highest BCUT2D eigenvalue weighted by molar-refractivity contribution is 6.21. The van der Waals surface area contributed by atoms with Gasteiger partial charge >= 0.3 is 0 Å². The molecule has 0 fully saturated rings. The third kappa shape index (κ3) is 3.24. The summed E-state index contributed by atoms with van der Waals surface area (Å²) in [5.74, 6) is 0.942. The second-order valence-electron chi connectivity index (χ2n) is 7.08. The molecule has 0 saturated carbocycles. The third-order valence-electron chi connectivity index (χ3n) is 5.19. The third-order valence-corrected chi connectivity index (χ3v) is 5.19. The molecule has 0 saturated heterocycles. The Morgan fingerprint density at radius 1 is 1.19 bits per heavy atom. The number of amidine groups is 2. The molecule has 0 amide bonds. The van der Waals surface area contributed by atoms with Gasteiger partial charge in [-0.1, -0.05) is 31.2 Å². The van der Waals surface area contributed by atoms with Gasteiger partial charge in [0.15, 0.2) is 11.9 Å². The zero-order valence-corrected chi connectivity index (χ0v) is 16.6. The molecule has 5 rings (SSSR count). The van der Waals surface area contributed by atoms with Crippen molar-refractivity contribution in [1.29, 1.82) is 0 Å². The first-order valence-corrected chi connectivity index (χ1v) is 9.90. The Bertz CT molecular complexity index is 1340. The molecule has 154 valence electrons. The lowest BCUT2D eigenvalue weighted by Gasteiger charge is -2.21. The predicted octanol–water partition coefficient (Wildman–Crippen LogP) is 2.81. The number of para-hydroxylation sites is 1. The van der Waals surface area contributed by atoms with E-state index in [9.17, 15) is 9.18 Å². The van der Waals surface area contributed by atoms with Crippen LogP contribution in [0.25, 0.3) is 16.6 Å². The minimum Gasteiger partial charge on any atom is -0.332 e. The van der Waals surface area contributed by atoms with Crippen molar-refractivity contribution in [3.05, 3.63) is 70.5 Å². The fourth-order valence-electron chi connectivity index (χ4n) is 3.70. The molecule has 0 bridgehead atoms. The molecule has 3 aromatic rings. The SMILES string of the molecule is CC[C@H](N=C1N=CNC2=NC=NC12)c1nc2cccc(F)c2c(=O)n1-c1ccccc1. The van der Waals surface area contributed by atoms with Crippen molar-refractivity contribution >= 4 is 35.3 Å². The molecule has 31 heavy (non-hydrogen) atoms. The second-order valence-corrected chi connectivity index (χ2v) is 7.08. The van der Waals surface area contributed by atoms with E-state index in [4.69, 9.17) is 4.99 Å². The van der Waals surface area contributed by atoms with E-state index in [0.29, 0.717) is 35.1 Å². The molecule has 0 radical (unpaired) electrons. The molecule has 2 aliphatic rings. The van der Waals surface area contributed by atoms with Gasteiger partial charge in [-0.25, -0.2) is 19.4 Å². The molecule has 1 N–H and O–H groups in total. The van der Waals surface area contributed by atoms with Gasteiger partial charge in [0.2, 0.25) is 0 Å². The van der Waals surface area contributed by atoms with Crippen LogP contribution in [-0.4, -0.2) is 39.9 Å². The summed E-state index contributed by atoms with van der Waals surface area (Å²) in [6.45, 7) is 1.95. The van der Waals surface area contributed by atoms with Crippen LogP contribution >= 0.6 is 0 Å². The second kappa shape index (κ2) is 7.67. The molecule has 8 nitrogen and oxygen atoms in total. The van der Waals surface area contributed by atoms with E-state index in [2.05, 4.69) is 25.3 Å². The lowest BCUT2D eigenvalue weighted by atomic mass is 10.1. The average molecular weight is 415 g/mol. The molecule has 1 aromatic heterocycles. The minimum absolute atomic E-state index is 0.0488. The van der Waals surface area contributed by atoms with Crippen molar-refractivity contribution < 1.29 is 4.39 Å². The van der Waals surface area contributed by atoms with E-state index in [1.54, 1.807) is 24.3 Å². The van der Waals surface area contributed by atoms with E-state index in [1.165, 1.54) is 23.3 Å². The van der Waals surface area contributed by atoms with Gasteiger partial charge in [0.05, 0.1) is 17.5 Å². The highest BCUT2D eigenvalue weighted by Crippen LogP contribution is 2.25. The summed E-state index contributed by atoms with van der Waals surface area (Å²) < 4.78 is 16.0. The van der Waals surface area contributed by atoms with Crippen molar-refractivity contribution in [2.75, 3.05) is 0 Å². The first-order valence-electron chi connectivity index (χ1n) is 9.90. The van der Waals surface area contributed by atoms with E-state index in [1.807, 2.05) is 25.1 Å². The highest BCUT2D eigenvalue weighted by atomic mass is 19.1. The summed E-state index contributed by atoms with van der Waals surface area (Å²) in [5.41, 5.74) is 0.410. The van der Waals surface area contributed by atoms with Crippen LogP contribution in [0, 0.1) is 5.82 Å². The topological polar surface area (TPSA) is 96.4 Å². The Balaban J connectivity index is 1.75. The quantitative estimate of drug-likeness (QED) is 0.710. The number of aromatic nitrogens is 2. The lowest BCUT2D eigenvalue weighted by Crippen LogP contribution is -2.40. The van der Waals surface area contributed by atoms with Crippen molar-refractivity contribution in [3.8, 4) is 5.69 Å². The number of hydrogen-bond donors (Lipinski definition) is 1. The van der Waals surface area contributed by atoms with Crippen molar-refractivity contribution in [1.82, 2.24) is 14.9 Å². The standard InChI is InChI=1S/C22H18FN7O/c1-2-15(28-20-18-19(25-11-24-18)26-12-27-20)21-29-16-10-6-9-14(23)17(16)22(31)30(21)13-7-4-3-5-8-13/h3-12,15,18H,2H2,1H3,(H,24,25,26,27,28)/t15-,18?/m0/s1. The molecular weight excluding hydrogens is 397 g/mol. The van der Waals surface area contributed by atoms with Crippen molar-refractivity contribution in [2.45, 2.75) is 25.4 Å². The van der Waals surface area contributed by atoms with E-state index >= 15 is 0 Å². The molecule has 2 atom stereocenters. The largest absolute Gasteiger partial charge is 0.332 e. The van der Waals surface area contributed by atoms with Gasteiger partial charge in [-0.3, -0.25) is 19.3 Å². The van der Waals surface area contributed by atoms with Crippen molar-refractivity contribution in [3.63, 3.8) is 0 Å². The Labute approximate surface area is 176 Å². The number of rotatable bonds is 4. The van der Waals surface area contributed by atoms with E-state index in [0.717, 1.165) is 0 Å². The summed E-state index contributed by atoms with van der Waals surface area (Å²) in [7, 11) is 0. The summed E-state index contributed by atoms with van der Waals surface area (Å²) in [4.78, 5) is 35.7. The normalized spacial score (nSPS) is 19.4. The highest BCUT2D eigenvalue weighted by Gasteiger charge is 2.29. The molecule has 2 aromatic carbocycles. The van der Waals surface area contributed by atoms with Gasteiger partial charge in [-0.15, -0.1) is 0 Å². The van der Waals surface area contributed by atoms with Gasteiger partial charge in [0.1, 0.15) is 35.2 Å². The van der Waals surface area contributed by atoms with Crippen LogP contribution < -0.4 is 10.9 Å². The zero-order valence-electron chi connectivity index (χ0n) is 16.6. The summed E-state index contributed by atoms with van der Waals surface area (Å²) in [6.07, 6.45) is 3.54. The summed E-state index contributed by atoms with van der Waals surface area (Å²) in [5, 5.41) is 2.91. The number of aliphatic imine (C=N–C) groups is 4. The van der Waals surface area contributed by atoms with Gasteiger partial charge in [-0.05, 0) is 30.7 Å². The van der Waals surface area contributed by atoms with Crippen LogP contribution in [0.4, 0.5) is 4.39 Å². The summed E-state index contributed by atoms with van der Waals surface area (Å²) in [6, 6.07) is 12.6. The van der Waals surface area contributed by atoms with Crippen molar-refractivity contribution in [2.24, 2.45) is 20.0 Å². The Hall–Kier alpha value is -4.01. The molecule has 0 aliphatic carbocycles. The lowest BCUT2D eigenvalue weighted by molar-refractivity contribution is 0.614.